The van der Waals surface area contributed by atoms with Crippen LogP contribution in [0.25, 0.3) is 10.2 Å². The van der Waals surface area contributed by atoms with Crippen LogP contribution in [0.1, 0.15) is 68.2 Å². The van der Waals surface area contributed by atoms with Gasteiger partial charge in [0.15, 0.2) is 0 Å². The molecule has 0 N–H and O–H groups in total. The molecule has 2 aromatic heterocycles. The number of nitrogens with zero attached hydrogens (tertiary/aromatic N) is 3. The van der Waals surface area contributed by atoms with Crippen molar-refractivity contribution in [2.45, 2.75) is 89.3 Å². The molecule has 0 bridgehead atoms. The summed E-state index contributed by atoms with van der Waals surface area (Å²) >= 11 is 1.68. The molecule has 27 heavy (non-hydrogen) atoms. The maximum absolute atomic E-state index is 13.1. The standard InChI is InChI=1S/C21H27N3O2S/c25-18(24(15-9-10-15)14-5-1-2-6-14)11-12-23-13-22-20-19(21(23)26)16-7-3-4-8-17(16)27-20/h13-15H,1-12H2. The third-order valence-corrected chi connectivity index (χ3v) is 7.65. The Labute approximate surface area is 163 Å². The van der Waals surface area contributed by atoms with Crippen molar-refractivity contribution in [2.24, 2.45) is 0 Å². The van der Waals surface area contributed by atoms with Gasteiger partial charge < -0.3 is 4.90 Å². The lowest BCUT2D eigenvalue weighted by Crippen LogP contribution is -2.41. The highest BCUT2D eigenvalue weighted by Crippen LogP contribution is 2.35. The van der Waals surface area contributed by atoms with Crippen molar-refractivity contribution >= 4 is 27.5 Å². The predicted molar refractivity (Wildman–Crippen MR) is 107 cm³/mol. The van der Waals surface area contributed by atoms with Crippen molar-refractivity contribution in [3.63, 3.8) is 0 Å². The van der Waals surface area contributed by atoms with Gasteiger partial charge in [-0.25, -0.2) is 4.98 Å². The minimum atomic E-state index is 0.0473. The van der Waals surface area contributed by atoms with E-state index in [9.17, 15) is 9.59 Å². The predicted octanol–water partition coefficient (Wildman–Crippen LogP) is 3.66. The minimum absolute atomic E-state index is 0.0473. The van der Waals surface area contributed by atoms with Crippen molar-refractivity contribution in [1.82, 2.24) is 14.5 Å². The highest BCUT2D eigenvalue weighted by Gasteiger charge is 2.37. The number of rotatable bonds is 5. The van der Waals surface area contributed by atoms with E-state index in [1.54, 1.807) is 22.2 Å². The molecule has 144 valence electrons. The average molecular weight is 386 g/mol. The molecule has 0 spiro atoms. The van der Waals surface area contributed by atoms with E-state index in [1.807, 2.05) is 0 Å². The number of hydrogen-bond donors (Lipinski definition) is 0. The number of hydrogen-bond acceptors (Lipinski definition) is 4. The maximum Gasteiger partial charge on any atom is 0.262 e. The molecule has 0 saturated heterocycles. The van der Waals surface area contributed by atoms with Gasteiger partial charge in [0, 0.05) is 29.9 Å². The lowest BCUT2D eigenvalue weighted by Gasteiger charge is -2.29. The first-order valence-corrected chi connectivity index (χ1v) is 11.3. The molecule has 0 aromatic carbocycles. The van der Waals surface area contributed by atoms with E-state index < -0.39 is 0 Å². The summed E-state index contributed by atoms with van der Waals surface area (Å²) in [4.78, 5) is 34.9. The number of fused-ring (bicyclic) bond motifs is 3. The molecule has 3 aliphatic rings. The molecular weight excluding hydrogens is 358 g/mol. The van der Waals surface area contributed by atoms with Crippen LogP contribution in [0.5, 0.6) is 0 Å². The van der Waals surface area contributed by atoms with Gasteiger partial charge in [0.2, 0.25) is 5.91 Å². The van der Waals surface area contributed by atoms with E-state index in [1.165, 1.54) is 29.7 Å². The molecule has 2 heterocycles. The summed E-state index contributed by atoms with van der Waals surface area (Å²) in [5, 5.41) is 0.819. The van der Waals surface area contributed by atoms with Gasteiger partial charge in [0.1, 0.15) is 4.83 Å². The van der Waals surface area contributed by atoms with Gasteiger partial charge in [-0.3, -0.25) is 14.2 Å². The Kier molecular flexibility index (Phi) is 4.54. The Morgan fingerprint density at radius 3 is 2.63 bits per heavy atom. The van der Waals surface area contributed by atoms with Crippen molar-refractivity contribution in [3.8, 4) is 0 Å². The number of aryl methyl sites for hydroxylation is 3. The van der Waals surface area contributed by atoms with Gasteiger partial charge in [-0.2, -0.15) is 0 Å². The zero-order valence-corrected chi connectivity index (χ0v) is 16.6. The largest absolute Gasteiger partial charge is 0.337 e. The molecule has 2 saturated carbocycles. The van der Waals surface area contributed by atoms with Gasteiger partial charge in [-0.15, -0.1) is 11.3 Å². The fourth-order valence-electron chi connectivity index (χ4n) is 4.93. The van der Waals surface area contributed by atoms with Crippen LogP contribution in [0.2, 0.25) is 0 Å². The molecule has 1 amide bonds. The van der Waals surface area contributed by atoms with Gasteiger partial charge in [-0.05, 0) is 56.9 Å². The van der Waals surface area contributed by atoms with Gasteiger partial charge in [0.05, 0.1) is 11.7 Å². The monoisotopic (exact) mass is 385 g/mol. The summed E-state index contributed by atoms with van der Waals surface area (Å²) in [7, 11) is 0. The Balaban J connectivity index is 1.36. The number of aromatic nitrogens is 2. The third kappa shape index (κ3) is 3.22. The summed E-state index contributed by atoms with van der Waals surface area (Å²) < 4.78 is 1.67. The van der Waals surface area contributed by atoms with Gasteiger partial charge >= 0.3 is 0 Å². The Hall–Kier alpha value is -1.69. The van der Waals surface area contributed by atoms with Crippen LogP contribution in [0.15, 0.2) is 11.1 Å². The van der Waals surface area contributed by atoms with E-state index in [4.69, 9.17) is 0 Å². The van der Waals surface area contributed by atoms with Crippen molar-refractivity contribution in [2.75, 3.05) is 0 Å². The van der Waals surface area contributed by atoms with Crippen molar-refractivity contribution in [3.05, 3.63) is 27.1 Å². The Bertz CT molecular complexity index is 921. The maximum atomic E-state index is 13.1. The molecule has 6 heteroatoms. The first-order valence-electron chi connectivity index (χ1n) is 10.5. The molecule has 3 aliphatic carbocycles. The lowest BCUT2D eigenvalue weighted by atomic mass is 9.97. The van der Waals surface area contributed by atoms with Crippen LogP contribution in [0, 0.1) is 0 Å². The highest BCUT2D eigenvalue weighted by atomic mass is 32.1. The first kappa shape index (κ1) is 17.4. The van der Waals surface area contributed by atoms with E-state index in [0.29, 0.717) is 25.0 Å². The zero-order valence-electron chi connectivity index (χ0n) is 15.8. The average Bonchev–Trinajstić information content (AvgIpc) is 3.21. The summed E-state index contributed by atoms with van der Waals surface area (Å²) in [5.74, 6) is 0.226. The van der Waals surface area contributed by atoms with E-state index in [2.05, 4.69) is 9.88 Å². The first-order chi connectivity index (χ1) is 13.2. The second-order valence-electron chi connectivity index (χ2n) is 8.35. The van der Waals surface area contributed by atoms with Gasteiger partial charge in [0.25, 0.3) is 5.56 Å². The number of carbonyl (C=O) groups is 1. The number of carbonyl (C=O) groups excluding carboxylic acids is 1. The lowest BCUT2D eigenvalue weighted by molar-refractivity contribution is -0.134. The topological polar surface area (TPSA) is 55.2 Å². The summed E-state index contributed by atoms with van der Waals surface area (Å²) in [6.07, 6.45) is 13.6. The molecule has 0 unspecified atom stereocenters. The molecule has 2 aromatic rings. The SMILES string of the molecule is O=C(CCn1cnc2sc3c(c2c1=O)CCCC3)N(C1CCCC1)C1CC1. The summed E-state index contributed by atoms with van der Waals surface area (Å²) in [6.45, 7) is 0.446. The van der Waals surface area contributed by atoms with E-state index >= 15 is 0 Å². The fraction of sp³-hybridized carbons (Fsp3) is 0.667. The zero-order chi connectivity index (χ0) is 18.4. The fourth-order valence-corrected chi connectivity index (χ4v) is 6.15. The quantitative estimate of drug-likeness (QED) is 0.789. The Morgan fingerprint density at radius 2 is 1.85 bits per heavy atom. The van der Waals surface area contributed by atoms with Crippen LogP contribution >= 0.6 is 11.3 Å². The molecule has 5 rings (SSSR count). The highest BCUT2D eigenvalue weighted by molar-refractivity contribution is 7.18. The molecule has 0 atom stereocenters. The van der Waals surface area contributed by atoms with Crippen molar-refractivity contribution < 1.29 is 4.79 Å². The van der Waals surface area contributed by atoms with Crippen LogP contribution in [-0.2, 0) is 24.2 Å². The molecular formula is C21H27N3O2S. The molecule has 0 radical (unpaired) electrons. The van der Waals surface area contributed by atoms with Crippen LogP contribution in [0.4, 0.5) is 0 Å². The molecule has 2 fully saturated rings. The van der Waals surface area contributed by atoms with Crippen LogP contribution < -0.4 is 5.56 Å². The minimum Gasteiger partial charge on any atom is -0.337 e. The molecule has 0 aliphatic heterocycles. The second kappa shape index (κ2) is 7.04. The van der Waals surface area contributed by atoms with Crippen LogP contribution in [0.3, 0.4) is 0 Å². The van der Waals surface area contributed by atoms with Crippen molar-refractivity contribution in [1.29, 1.82) is 0 Å². The summed E-state index contributed by atoms with van der Waals surface area (Å²) in [6, 6.07) is 0.896. The van der Waals surface area contributed by atoms with Gasteiger partial charge in [-0.1, -0.05) is 12.8 Å². The Morgan fingerprint density at radius 1 is 1.11 bits per heavy atom. The number of thiophene rings is 1. The number of amides is 1. The second-order valence-corrected chi connectivity index (χ2v) is 9.44. The molecule has 5 nitrogen and oxygen atoms in total. The summed E-state index contributed by atoms with van der Waals surface area (Å²) in [5.41, 5.74) is 1.27. The van der Waals surface area contributed by atoms with Crippen LogP contribution in [-0.4, -0.2) is 32.4 Å². The van der Waals surface area contributed by atoms with E-state index in [-0.39, 0.29) is 11.5 Å². The third-order valence-electron chi connectivity index (χ3n) is 6.45. The smallest absolute Gasteiger partial charge is 0.262 e. The van der Waals surface area contributed by atoms with E-state index in [0.717, 1.165) is 55.2 Å². The normalized spacial score (nSPS) is 20.1.